The Hall–Kier alpha value is -2.08. The lowest BCUT2D eigenvalue weighted by Crippen LogP contribution is -2.35. The topological polar surface area (TPSA) is 62.6 Å². The number of anilines is 1. The molecule has 2 rings (SSSR count). The van der Waals surface area contributed by atoms with Gasteiger partial charge in [0.05, 0.1) is 0 Å². The fourth-order valence-corrected chi connectivity index (χ4v) is 3.06. The van der Waals surface area contributed by atoms with E-state index < -0.39 is 0 Å². The molecule has 5 nitrogen and oxygen atoms in total. The predicted molar refractivity (Wildman–Crippen MR) is 106 cm³/mol. The van der Waals surface area contributed by atoms with Gasteiger partial charge >= 0.3 is 0 Å². The van der Waals surface area contributed by atoms with Crippen LogP contribution in [0.15, 0.2) is 45.5 Å². The summed E-state index contributed by atoms with van der Waals surface area (Å²) >= 11 is 3.17. The minimum Gasteiger partial charge on any atom is -0.444 e. The maximum Gasteiger partial charge on any atom is 0.291 e. The average Bonchev–Trinajstić information content (AvgIpc) is 3.09. The Morgan fingerprint density at radius 3 is 2.46 bits per heavy atom. The molecule has 140 valence electrons. The molecule has 0 aliphatic heterocycles. The zero-order chi connectivity index (χ0) is 19.1. The van der Waals surface area contributed by atoms with Gasteiger partial charge in [-0.15, -0.1) is 0 Å². The first kappa shape index (κ1) is 20.2. The number of rotatable bonds is 8. The van der Waals surface area contributed by atoms with Gasteiger partial charge < -0.3 is 14.6 Å². The molecule has 2 aromatic rings. The summed E-state index contributed by atoms with van der Waals surface area (Å²) in [6.07, 6.45) is 2.10. The molecule has 0 radical (unpaired) electrons. The summed E-state index contributed by atoms with van der Waals surface area (Å²) in [5.74, 6) is 0.331. The largest absolute Gasteiger partial charge is 0.444 e. The second kappa shape index (κ2) is 9.57. The number of hydrogen-bond donors (Lipinski definition) is 1. The number of benzene rings is 1. The van der Waals surface area contributed by atoms with Crippen LogP contribution in [0.1, 0.15) is 54.5 Å². The minimum absolute atomic E-state index is 0.0174. The molecule has 0 unspecified atom stereocenters. The highest BCUT2D eigenvalue weighted by Crippen LogP contribution is 2.18. The van der Waals surface area contributed by atoms with Crippen molar-refractivity contribution in [3.8, 4) is 0 Å². The Balaban J connectivity index is 2.11. The van der Waals surface area contributed by atoms with Crippen molar-refractivity contribution in [2.45, 2.75) is 33.6 Å². The van der Waals surface area contributed by atoms with Gasteiger partial charge in [-0.3, -0.25) is 9.59 Å². The van der Waals surface area contributed by atoms with Crippen molar-refractivity contribution in [3.63, 3.8) is 0 Å². The van der Waals surface area contributed by atoms with E-state index in [1.807, 2.05) is 11.8 Å². The third-order valence-electron chi connectivity index (χ3n) is 4.47. The lowest BCUT2D eigenvalue weighted by Gasteiger charge is -2.25. The number of halogens is 1. The summed E-state index contributed by atoms with van der Waals surface area (Å²) in [5, 5.41) is 2.76. The number of hydrogen-bond acceptors (Lipinski definition) is 3. The monoisotopic (exact) mass is 420 g/mol. The molecule has 1 aromatic carbocycles. The number of nitrogens with one attached hydrogen (secondary N) is 1. The van der Waals surface area contributed by atoms with Crippen molar-refractivity contribution in [2.24, 2.45) is 5.92 Å². The fourth-order valence-electron chi connectivity index (χ4n) is 2.76. The van der Waals surface area contributed by atoms with Crippen LogP contribution in [0.25, 0.3) is 0 Å². The van der Waals surface area contributed by atoms with Gasteiger partial charge in [-0.05, 0) is 59.1 Å². The third kappa shape index (κ3) is 5.21. The molecular weight excluding hydrogens is 396 g/mol. The molecule has 0 spiro atoms. The summed E-state index contributed by atoms with van der Waals surface area (Å²) in [5.41, 5.74) is 1.13. The van der Waals surface area contributed by atoms with Crippen molar-refractivity contribution in [1.82, 2.24) is 4.90 Å². The predicted octanol–water partition coefficient (Wildman–Crippen LogP) is 5.19. The highest BCUT2D eigenvalue weighted by atomic mass is 79.9. The van der Waals surface area contributed by atoms with E-state index in [1.165, 1.54) is 0 Å². The normalized spacial score (nSPS) is 10.8. The Labute approximate surface area is 162 Å². The molecule has 6 heteroatoms. The Kier molecular flexibility index (Phi) is 7.45. The molecule has 0 bridgehead atoms. The third-order valence-corrected chi connectivity index (χ3v) is 4.89. The van der Waals surface area contributed by atoms with Crippen molar-refractivity contribution in [1.29, 1.82) is 0 Å². The van der Waals surface area contributed by atoms with E-state index in [4.69, 9.17) is 4.42 Å². The van der Waals surface area contributed by atoms with Crippen molar-refractivity contribution < 1.29 is 14.0 Å². The highest BCUT2D eigenvalue weighted by molar-refractivity contribution is 9.10. The van der Waals surface area contributed by atoms with Crippen molar-refractivity contribution in [3.05, 3.63) is 52.4 Å². The van der Waals surface area contributed by atoms with Crippen LogP contribution in [0.5, 0.6) is 0 Å². The van der Waals surface area contributed by atoms with Crippen molar-refractivity contribution >= 4 is 33.4 Å². The van der Waals surface area contributed by atoms with Gasteiger partial charge in [0.15, 0.2) is 10.4 Å². The standard InChI is InChI=1S/C20H25BrN2O3/c1-4-14(5-2)13-23(6-3)20(25)15-8-7-9-16(12-15)22-19(24)17-10-11-18(21)26-17/h7-12,14H,4-6,13H2,1-3H3,(H,22,24). The smallest absolute Gasteiger partial charge is 0.291 e. The van der Waals surface area contributed by atoms with Gasteiger partial charge in [-0.25, -0.2) is 0 Å². The SMILES string of the molecule is CCC(CC)CN(CC)C(=O)c1cccc(NC(=O)c2ccc(Br)o2)c1. The summed E-state index contributed by atoms with van der Waals surface area (Å²) in [7, 11) is 0. The summed E-state index contributed by atoms with van der Waals surface area (Å²) in [6.45, 7) is 7.69. The lowest BCUT2D eigenvalue weighted by atomic mass is 10.0. The number of furan rings is 1. The molecule has 1 heterocycles. The van der Waals surface area contributed by atoms with E-state index in [0.29, 0.717) is 28.4 Å². The molecule has 0 aliphatic carbocycles. The first-order valence-corrected chi connectivity index (χ1v) is 9.73. The minimum atomic E-state index is -0.357. The van der Waals surface area contributed by atoms with Gasteiger partial charge in [0.2, 0.25) is 0 Å². The maximum atomic E-state index is 12.8. The summed E-state index contributed by atoms with van der Waals surface area (Å²) < 4.78 is 5.74. The fraction of sp³-hybridized carbons (Fsp3) is 0.400. The molecule has 26 heavy (non-hydrogen) atoms. The van der Waals surface area contributed by atoms with Gasteiger partial charge in [-0.1, -0.05) is 32.8 Å². The first-order valence-electron chi connectivity index (χ1n) is 8.94. The zero-order valence-corrected chi connectivity index (χ0v) is 17.0. The van der Waals surface area contributed by atoms with E-state index in [0.717, 1.165) is 19.4 Å². The molecule has 1 N–H and O–H groups in total. The van der Waals surface area contributed by atoms with Crippen LogP contribution in [0, 0.1) is 5.92 Å². The highest BCUT2D eigenvalue weighted by Gasteiger charge is 2.18. The molecule has 1 aromatic heterocycles. The van der Waals surface area contributed by atoms with E-state index in [9.17, 15) is 9.59 Å². The van der Waals surface area contributed by atoms with E-state index in [-0.39, 0.29) is 17.6 Å². The van der Waals surface area contributed by atoms with Gasteiger partial charge in [0.25, 0.3) is 11.8 Å². The molecular formula is C20H25BrN2O3. The van der Waals surface area contributed by atoms with Gasteiger partial charge in [0, 0.05) is 24.3 Å². The Morgan fingerprint density at radius 1 is 1.15 bits per heavy atom. The van der Waals surface area contributed by atoms with Gasteiger partial charge in [-0.2, -0.15) is 0 Å². The average molecular weight is 421 g/mol. The zero-order valence-electron chi connectivity index (χ0n) is 15.4. The van der Waals surface area contributed by atoms with Crippen LogP contribution >= 0.6 is 15.9 Å². The van der Waals surface area contributed by atoms with Crippen LogP contribution < -0.4 is 5.32 Å². The van der Waals surface area contributed by atoms with E-state index >= 15 is 0 Å². The van der Waals surface area contributed by atoms with Crippen LogP contribution in [0.3, 0.4) is 0 Å². The van der Waals surface area contributed by atoms with Crippen LogP contribution in [0.4, 0.5) is 5.69 Å². The molecule has 0 atom stereocenters. The molecule has 0 saturated heterocycles. The second-order valence-electron chi connectivity index (χ2n) is 6.16. The maximum absolute atomic E-state index is 12.8. The number of nitrogens with zero attached hydrogens (tertiary/aromatic N) is 1. The summed E-state index contributed by atoms with van der Waals surface area (Å²) in [4.78, 5) is 26.9. The van der Waals surface area contributed by atoms with Crippen LogP contribution in [0.2, 0.25) is 0 Å². The van der Waals surface area contributed by atoms with Gasteiger partial charge in [0.1, 0.15) is 0 Å². The van der Waals surface area contributed by atoms with Crippen LogP contribution in [-0.4, -0.2) is 29.8 Å². The quantitative estimate of drug-likeness (QED) is 0.638. The molecule has 0 aliphatic rings. The number of carbonyl (C=O) groups excluding carboxylic acids is 2. The first-order chi connectivity index (χ1) is 12.5. The second-order valence-corrected chi connectivity index (χ2v) is 6.95. The Bertz CT molecular complexity index is 753. The van der Waals surface area contributed by atoms with Crippen LogP contribution in [-0.2, 0) is 0 Å². The summed E-state index contributed by atoms with van der Waals surface area (Å²) in [6, 6.07) is 10.2. The molecule has 0 fully saturated rings. The van der Waals surface area contributed by atoms with E-state index in [2.05, 4.69) is 35.1 Å². The van der Waals surface area contributed by atoms with Crippen molar-refractivity contribution in [2.75, 3.05) is 18.4 Å². The van der Waals surface area contributed by atoms with E-state index in [1.54, 1.807) is 36.4 Å². The lowest BCUT2D eigenvalue weighted by molar-refractivity contribution is 0.0734. The number of amides is 2. The molecule has 2 amide bonds. The molecule has 0 saturated carbocycles. The number of carbonyl (C=O) groups is 2. The Morgan fingerprint density at radius 2 is 1.88 bits per heavy atom.